The van der Waals surface area contributed by atoms with Crippen molar-refractivity contribution in [2.75, 3.05) is 13.2 Å². The summed E-state index contributed by atoms with van der Waals surface area (Å²) in [6.45, 7) is 6.79. The molecule has 0 amide bonds. The summed E-state index contributed by atoms with van der Waals surface area (Å²) in [5, 5.41) is 0. The first-order valence-electron chi connectivity index (χ1n) is 19.2. The van der Waals surface area contributed by atoms with E-state index in [1.54, 1.807) is 12.1 Å². The molecule has 0 radical (unpaired) electrons. The first-order chi connectivity index (χ1) is 26.7. The highest BCUT2D eigenvalue weighted by molar-refractivity contribution is 14.1. The van der Waals surface area contributed by atoms with E-state index in [0.29, 0.717) is 12.2 Å². The van der Waals surface area contributed by atoms with Crippen LogP contribution in [0.2, 0.25) is 0 Å². The minimum Gasteiger partial charge on any atom is -0.492 e. The average Bonchev–Trinajstić information content (AvgIpc) is 3.19. The number of ether oxygens (including phenoxy) is 5. The highest BCUT2D eigenvalue weighted by atomic mass is 127. The summed E-state index contributed by atoms with van der Waals surface area (Å²) in [4.78, 5) is 50.3. The second kappa shape index (κ2) is 23.3. The summed E-state index contributed by atoms with van der Waals surface area (Å²) >= 11 is 2.30. The van der Waals surface area contributed by atoms with Gasteiger partial charge in [0.2, 0.25) is 0 Å². The minimum absolute atomic E-state index is 0.186. The van der Waals surface area contributed by atoms with Crippen molar-refractivity contribution in [3.8, 4) is 28.4 Å². The molecule has 0 bridgehead atoms. The van der Waals surface area contributed by atoms with Crippen molar-refractivity contribution in [2.45, 2.75) is 97.5 Å². The van der Waals surface area contributed by atoms with Crippen LogP contribution < -0.4 is 14.2 Å². The second-order valence-electron chi connectivity index (χ2n) is 13.3. The molecule has 0 N–H and O–H groups in total. The van der Waals surface area contributed by atoms with Gasteiger partial charge in [0.1, 0.15) is 17.2 Å². The second-order valence-corrected chi connectivity index (χ2v) is 14.5. The summed E-state index contributed by atoms with van der Waals surface area (Å²) in [7, 11) is 0. The molecule has 4 aromatic rings. The van der Waals surface area contributed by atoms with Crippen molar-refractivity contribution >= 4 is 46.5 Å². The molecular formula is C45H51IO9. The van der Waals surface area contributed by atoms with Crippen molar-refractivity contribution in [2.24, 2.45) is 0 Å². The highest BCUT2D eigenvalue weighted by Crippen LogP contribution is 2.29. The van der Waals surface area contributed by atoms with Crippen LogP contribution in [0.25, 0.3) is 11.1 Å². The monoisotopic (exact) mass is 862 g/mol. The van der Waals surface area contributed by atoms with E-state index in [2.05, 4.69) is 42.5 Å². The molecule has 4 aromatic carbocycles. The van der Waals surface area contributed by atoms with Crippen molar-refractivity contribution in [3.05, 3.63) is 111 Å². The highest BCUT2D eigenvalue weighted by Gasteiger charge is 2.21. The lowest BCUT2D eigenvalue weighted by Gasteiger charge is -2.13. The molecule has 0 saturated heterocycles. The molecular weight excluding hydrogens is 811 g/mol. The molecule has 9 nitrogen and oxygen atoms in total. The first-order valence-corrected chi connectivity index (χ1v) is 20.3. The Labute approximate surface area is 338 Å². The lowest BCUT2D eigenvalue weighted by molar-refractivity contribution is -0.153. The van der Waals surface area contributed by atoms with Gasteiger partial charge in [-0.05, 0) is 126 Å². The van der Waals surface area contributed by atoms with Crippen LogP contribution in [0, 0.1) is 3.57 Å². The molecule has 0 fully saturated rings. The Morgan fingerprint density at radius 3 is 1.55 bits per heavy atom. The van der Waals surface area contributed by atoms with Crippen molar-refractivity contribution in [3.63, 3.8) is 0 Å². The van der Waals surface area contributed by atoms with Gasteiger partial charge in [0.15, 0.2) is 6.10 Å². The Hall–Kier alpha value is -4.71. The topological polar surface area (TPSA) is 114 Å². The van der Waals surface area contributed by atoms with Crippen LogP contribution in [0.1, 0.15) is 122 Å². The average molecular weight is 863 g/mol. The van der Waals surface area contributed by atoms with Crippen LogP contribution in [0.5, 0.6) is 17.2 Å². The Morgan fingerprint density at radius 2 is 1.00 bits per heavy atom. The molecule has 10 heteroatoms. The number of hydrogen-bond acceptors (Lipinski definition) is 9. The van der Waals surface area contributed by atoms with E-state index >= 15 is 0 Å². The van der Waals surface area contributed by atoms with Gasteiger partial charge in [0.05, 0.1) is 33.5 Å². The number of rotatable bonds is 22. The minimum atomic E-state index is -1.05. The van der Waals surface area contributed by atoms with Crippen LogP contribution in [0.15, 0.2) is 91.0 Å². The number of halogens is 1. The Kier molecular flexibility index (Phi) is 18.2. The fraction of sp³-hybridized carbons (Fsp3) is 0.378. The van der Waals surface area contributed by atoms with Crippen LogP contribution in [-0.2, 0) is 14.3 Å². The van der Waals surface area contributed by atoms with Crippen LogP contribution in [0.4, 0.5) is 0 Å². The third kappa shape index (κ3) is 14.5. The van der Waals surface area contributed by atoms with Gasteiger partial charge in [-0.3, -0.25) is 0 Å². The number of carbonyl (C=O) groups excluding carboxylic acids is 4. The number of carbonyl (C=O) groups is 4. The number of hydrogen-bond donors (Lipinski definition) is 0. The van der Waals surface area contributed by atoms with Gasteiger partial charge in [0.25, 0.3) is 0 Å². The normalized spacial score (nSPS) is 11.3. The molecule has 0 aliphatic rings. The predicted octanol–water partition coefficient (Wildman–Crippen LogP) is 11.2. The third-order valence-electron chi connectivity index (χ3n) is 8.85. The van der Waals surface area contributed by atoms with Crippen molar-refractivity contribution in [1.82, 2.24) is 0 Å². The number of esters is 4. The molecule has 0 heterocycles. The molecule has 55 heavy (non-hydrogen) atoms. The van der Waals surface area contributed by atoms with E-state index in [9.17, 15) is 19.2 Å². The summed E-state index contributed by atoms with van der Waals surface area (Å²) in [5.74, 6) is -1.11. The molecule has 1 unspecified atom stereocenters. The lowest BCUT2D eigenvalue weighted by Crippen LogP contribution is -2.26. The maximum atomic E-state index is 12.9. The molecule has 292 valence electrons. The molecule has 0 aliphatic heterocycles. The van der Waals surface area contributed by atoms with Gasteiger partial charge in [0, 0.05) is 0 Å². The maximum Gasteiger partial charge on any atom is 0.347 e. The zero-order chi connectivity index (χ0) is 39.4. The van der Waals surface area contributed by atoms with E-state index in [0.717, 1.165) is 52.6 Å². The lowest BCUT2D eigenvalue weighted by atomic mass is 10.0. The molecule has 0 aliphatic carbocycles. The van der Waals surface area contributed by atoms with Crippen LogP contribution >= 0.6 is 22.6 Å². The van der Waals surface area contributed by atoms with Gasteiger partial charge in [-0.15, -0.1) is 0 Å². The largest absolute Gasteiger partial charge is 0.492 e. The van der Waals surface area contributed by atoms with Gasteiger partial charge in [-0.25, -0.2) is 19.2 Å². The number of unbranched alkanes of at least 4 members (excludes halogenated alkanes) is 9. The fourth-order valence-corrected chi connectivity index (χ4v) is 6.25. The SMILES string of the molecule is CCCCCCCCCOc1ccc(-c2ccc(C(=O)Oc3ccc(C(=O)Oc4ccc(C(=O)OC(C)C(=O)OCCCCCC)cc4)cc3)cc2)cc1I. The number of benzene rings is 4. The van der Waals surface area contributed by atoms with E-state index in [1.807, 2.05) is 24.3 Å². The van der Waals surface area contributed by atoms with Gasteiger partial charge < -0.3 is 23.7 Å². The smallest absolute Gasteiger partial charge is 0.347 e. The zero-order valence-corrected chi connectivity index (χ0v) is 34.1. The van der Waals surface area contributed by atoms with Crippen molar-refractivity contribution in [1.29, 1.82) is 0 Å². The molecule has 0 spiro atoms. The van der Waals surface area contributed by atoms with Gasteiger partial charge in [-0.2, -0.15) is 0 Å². The van der Waals surface area contributed by atoms with E-state index in [-0.39, 0.29) is 29.2 Å². The quantitative estimate of drug-likeness (QED) is 0.0330. The maximum absolute atomic E-state index is 12.9. The Bertz CT molecular complexity index is 1820. The third-order valence-corrected chi connectivity index (χ3v) is 9.69. The van der Waals surface area contributed by atoms with Crippen LogP contribution in [0.3, 0.4) is 0 Å². The predicted molar refractivity (Wildman–Crippen MR) is 221 cm³/mol. The van der Waals surface area contributed by atoms with Gasteiger partial charge in [-0.1, -0.05) is 89.8 Å². The fourth-order valence-electron chi connectivity index (χ4n) is 5.58. The van der Waals surface area contributed by atoms with Gasteiger partial charge >= 0.3 is 23.9 Å². The summed E-state index contributed by atoms with van der Waals surface area (Å²) in [5.41, 5.74) is 2.79. The van der Waals surface area contributed by atoms with E-state index in [4.69, 9.17) is 23.7 Å². The molecule has 4 rings (SSSR count). The molecule has 0 aromatic heterocycles. The molecule has 1 atom stereocenters. The van der Waals surface area contributed by atoms with E-state index < -0.39 is 30.0 Å². The Morgan fingerprint density at radius 1 is 0.545 bits per heavy atom. The molecule has 0 saturated carbocycles. The standard InChI is InChI=1S/C45H51IO9/c1-4-6-8-10-11-12-14-29-51-41-28-23-37(31-40(41)46)33-15-17-34(18-16-33)44(49)54-39-26-21-36(22-27-39)45(50)55-38-24-19-35(20-25-38)43(48)53-32(3)42(47)52-30-13-9-7-5-2/h15-28,31-32H,4-14,29-30H2,1-3H3. The first kappa shape index (κ1) is 43.0. The van der Waals surface area contributed by atoms with E-state index in [1.165, 1.54) is 94.0 Å². The Balaban J connectivity index is 1.21. The summed E-state index contributed by atoms with van der Waals surface area (Å²) in [6.07, 6.45) is 11.5. The summed E-state index contributed by atoms with van der Waals surface area (Å²) in [6, 6.07) is 25.1. The zero-order valence-electron chi connectivity index (χ0n) is 32.0. The van der Waals surface area contributed by atoms with Crippen molar-refractivity contribution < 1.29 is 42.9 Å². The van der Waals surface area contributed by atoms with Crippen LogP contribution in [-0.4, -0.2) is 43.2 Å². The summed E-state index contributed by atoms with van der Waals surface area (Å²) < 4.78 is 28.4.